The summed E-state index contributed by atoms with van der Waals surface area (Å²) in [6, 6.07) is -0.436. The van der Waals surface area contributed by atoms with Gasteiger partial charge in [-0.1, -0.05) is 12.8 Å². The third-order valence-corrected chi connectivity index (χ3v) is 4.96. The first-order chi connectivity index (χ1) is 11.1. The molecule has 3 rings (SSSR count). The van der Waals surface area contributed by atoms with Crippen molar-refractivity contribution < 1.29 is 14.4 Å². The van der Waals surface area contributed by atoms with Crippen LogP contribution in [0.5, 0.6) is 0 Å². The number of piperazine rings is 1. The lowest BCUT2D eigenvalue weighted by molar-refractivity contribution is -0.134. The van der Waals surface area contributed by atoms with E-state index in [1.165, 1.54) is 0 Å². The van der Waals surface area contributed by atoms with Crippen LogP contribution in [0.15, 0.2) is 0 Å². The van der Waals surface area contributed by atoms with E-state index in [9.17, 15) is 14.4 Å². The molecule has 1 saturated carbocycles. The summed E-state index contributed by atoms with van der Waals surface area (Å²) in [7, 11) is 0. The zero-order valence-electron chi connectivity index (χ0n) is 13.8. The first-order valence-electron chi connectivity index (χ1n) is 8.45. The van der Waals surface area contributed by atoms with Crippen LogP contribution in [0.25, 0.3) is 0 Å². The van der Waals surface area contributed by atoms with Crippen molar-refractivity contribution >= 4 is 30.3 Å². The van der Waals surface area contributed by atoms with Crippen molar-refractivity contribution in [1.82, 2.24) is 25.8 Å². The molecule has 0 aromatic rings. The number of amides is 4. The van der Waals surface area contributed by atoms with E-state index in [2.05, 4.69) is 20.9 Å². The second kappa shape index (κ2) is 8.13. The lowest BCUT2D eigenvalue weighted by Gasteiger charge is -2.27. The zero-order chi connectivity index (χ0) is 16.3. The smallest absolute Gasteiger partial charge is 0.325 e. The highest BCUT2D eigenvalue weighted by Crippen LogP contribution is 2.34. The Bertz CT molecular complexity index is 490. The minimum atomic E-state index is -0.738. The van der Waals surface area contributed by atoms with Crippen LogP contribution in [0.3, 0.4) is 0 Å². The van der Waals surface area contributed by atoms with Gasteiger partial charge < -0.3 is 16.0 Å². The van der Waals surface area contributed by atoms with Gasteiger partial charge in [0.15, 0.2) is 0 Å². The molecule has 3 aliphatic rings. The Kier molecular flexibility index (Phi) is 6.42. The van der Waals surface area contributed by atoms with Crippen LogP contribution in [0.2, 0.25) is 0 Å². The average Bonchev–Trinajstić information content (AvgIpc) is 3.10. The van der Waals surface area contributed by atoms with Gasteiger partial charge in [0.25, 0.3) is 5.91 Å². The van der Waals surface area contributed by atoms with Crippen molar-refractivity contribution in [2.24, 2.45) is 0 Å². The van der Waals surface area contributed by atoms with Crippen LogP contribution < -0.4 is 16.0 Å². The van der Waals surface area contributed by atoms with E-state index in [1.54, 1.807) is 0 Å². The normalized spacial score (nSPS) is 23.2. The maximum Gasteiger partial charge on any atom is 0.325 e. The Morgan fingerprint density at radius 1 is 1.17 bits per heavy atom. The monoisotopic (exact) mass is 359 g/mol. The molecule has 0 aromatic heterocycles. The second-order valence-electron chi connectivity index (χ2n) is 6.55. The van der Waals surface area contributed by atoms with Gasteiger partial charge in [-0.15, -0.1) is 12.4 Å². The number of rotatable bonds is 5. The molecule has 136 valence electrons. The highest BCUT2D eigenvalue weighted by molar-refractivity contribution is 6.09. The van der Waals surface area contributed by atoms with E-state index in [1.807, 2.05) is 0 Å². The molecule has 2 heterocycles. The van der Waals surface area contributed by atoms with Gasteiger partial charge in [-0.05, 0) is 12.8 Å². The molecule has 2 saturated heterocycles. The summed E-state index contributed by atoms with van der Waals surface area (Å²) in [5.74, 6) is -0.518. The summed E-state index contributed by atoms with van der Waals surface area (Å²) in [6.45, 7) is 5.03. The average molecular weight is 360 g/mol. The molecule has 3 fully saturated rings. The van der Waals surface area contributed by atoms with Crippen molar-refractivity contribution in [3.05, 3.63) is 0 Å². The van der Waals surface area contributed by atoms with E-state index in [0.29, 0.717) is 19.4 Å². The van der Waals surface area contributed by atoms with Gasteiger partial charge in [0.2, 0.25) is 5.91 Å². The van der Waals surface area contributed by atoms with Gasteiger partial charge in [0.1, 0.15) is 12.1 Å². The number of nitrogens with one attached hydrogen (secondary N) is 3. The Labute approximate surface area is 148 Å². The first kappa shape index (κ1) is 19.0. The Morgan fingerprint density at radius 3 is 2.50 bits per heavy atom. The topological polar surface area (TPSA) is 93.8 Å². The van der Waals surface area contributed by atoms with E-state index >= 15 is 0 Å². The van der Waals surface area contributed by atoms with Crippen molar-refractivity contribution in [3.63, 3.8) is 0 Å². The fraction of sp³-hybridized carbons (Fsp3) is 0.800. The molecular weight excluding hydrogens is 334 g/mol. The lowest BCUT2D eigenvalue weighted by atomic mass is 9.98. The molecule has 1 spiro atoms. The first-order valence-corrected chi connectivity index (χ1v) is 8.45. The highest BCUT2D eigenvalue weighted by atomic mass is 35.5. The molecule has 0 unspecified atom stereocenters. The van der Waals surface area contributed by atoms with E-state index in [0.717, 1.165) is 50.5 Å². The zero-order valence-corrected chi connectivity index (χ0v) is 14.6. The minimum absolute atomic E-state index is 0. The fourth-order valence-corrected chi connectivity index (χ4v) is 3.62. The molecule has 8 nitrogen and oxygen atoms in total. The molecular formula is C15H26ClN5O3. The molecule has 0 radical (unpaired) electrons. The maximum absolute atomic E-state index is 12.4. The number of nitrogens with zero attached hydrogens (tertiary/aromatic N) is 2. The van der Waals surface area contributed by atoms with Crippen LogP contribution >= 0.6 is 12.4 Å². The Hall–Kier alpha value is -1.38. The standard InChI is InChI=1S/C15H25N5O3.ClH/c21-12(17-7-10-19-8-5-16-6-9-19)11-20-13(22)15(18-14(20)23)3-1-2-4-15;/h16H,1-11H2,(H,17,21)(H,18,23);1H. The van der Waals surface area contributed by atoms with E-state index in [4.69, 9.17) is 0 Å². The summed E-state index contributed by atoms with van der Waals surface area (Å²) >= 11 is 0. The maximum atomic E-state index is 12.4. The number of halogens is 1. The molecule has 0 aromatic carbocycles. The van der Waals surface area contributed by atoms with Gasteiger partial charge in [-0.2, -0.15) is 0 Å². The van der Waals surface area contributed by atoms with E-state index < -0.39 is 11.6 Å². The number of hydrogen-bond acceptors (Lipinski definition) is 5. The van der Waals surface area contributed by atoms with E-state index in [-0.39, 0.29) is 30.8 Å². The van der Waals surface area contributed by atoms with Gasteiger partial charge in [0, 0.05) is 39.3 Å². The molecule has 0 atom stereocenters. The van der Waals surface area contributed by atoms with Crippen molar-refractivity contribution in [1.29, 1.82) is 0 Å². The third-order valence-electron chi connectivity index (χ3n) is 4.96. The number of urea groups is 1. The predicted molar refractivity (Wildman–Crippen MR) is 91.0 cm³/mol. The summed E-state index contributed by atoms with van der Waals surface area (Å²) in [4.78, 5) is 39.8. The lowest BCUT2D eigenvalue weighted by Crippen LogP contribution is -2.48. The molecule has 2 aliphatic heterocycles. The third kappa shape index (κ3) is 3.99. The highest BCUT2D eigenvalue weighted by Gasteiger charge is 2.52. The fourth-order valence-electron chi connectivity index (χ4n) is 3.62. The number of carbonyl (C=O) groups is 3. The molecule has 9 heteroatoms. The second-order valence-corrected chi connectivity index (χ2v) is 6.55. The van der Waals surface area contributed by atoms with Gasteiger partial charge >= 0.3 is 6.03 Å². The summed E-state index contributed by atoms with van der Waals surface area (Å²) in [5.41, 5.74) is -0.738. The van der Waals surface area contributed by atoms with Crippen LogP contribution in [-0.2, 0) is 9.59 Å². The minimum Gasteiger partial charge on any atom is -0.353 e. The number of imide groups is 1. The summed E-state index contributed by atoms with van der Waals surface area (Å²) in [5, 5.41) is 8.86. The van der Waals surface area contributed by atoms with Crippen LogP contribution in [0.4, 0.5) is 4.79 Å². The van der Waals surface area contributed by atoms with Crippen LogP contribution in [0.1, 0.15) is 25.7 Å². The van der Waals surface area contributed by atoms with Gasteiger partial charge in [-0.3, -0.25) is 19.4 Å². The SMILES string of the molecule is Cl.O=C(CN1C(=O)NC2(CCCC2)C1=O)NCCN1CCNCC1. The van der Waals surface area contributed by atoms with Gasteiger partial charge in [0.05, 0.1) is 0 Å². The largest absolute Gasteiger partial charge is 0.353 e. The molecule has 24 heavy (non-hydrogen) atoms. The molecule has 4 amide bonds. The molecule has 3 N–H and O–H groups in total. The quantitative estimate of drug-likeness (QED) is 0.564. The Morgan fingerprint density at radius 2 is 1.83 bits per heavy atom. The predicted octanol–water partition coefficient (Wildman–Crippen LogP) is -0.706. The van der Waals surface area contributed by atoms with Gasteiger partial charge in [-0.25, -0.2) is 4.79 Å². The number of hydrogen-bond donors (Lipinski definition) is 3. The van der Waals surface area contributed by atoms with Crippen molar-refractivity contribution in [2.45, 2.75) is 31.2 Å². The Balaban J connectivity index is 0.00000208. The van der Waals surface area contributed by atoms with Crippen molar-refractivity contribution in [2.75, 3.05) is 45.8 Å². The van der Waals surface area contributed by atoms with Crippen molar-refractivity contribution in [3.8, 4) is 0 Å². The molecule has 1 aliphatic carbocycles. The summed E-state index contributed by atoms with van der Waals surface area (Å²) < 4.78 is 0. The summed E-state index contributed by atoms with van der Waals surface area (Å²) in [6.07, 6.45) is 3.24. The number of carbonyl (C=O) groups excluding carboxylic acids is 3. The van der Waals surface area contributed by atoms with Crippen LogP contribution in [0, 0.1) is 0 Å². The molecule has 0 bridgehead atoms. The van der Waals surface area contributed by atoms with Crippen LogP contribution in [-0.4, -0.2) is 79.0 Å².